The fourth-order valence-electron chi connectivity index (χ4n) is 4.92. The average Bonchev–Trinajstić information content (AvgIpc) is 3.37. The van der Waals surface area contributed by atoms with Crippen molar-refractivity contribution in [3.05, 3.63) is 59.1 Å². The predicted molar refractivity (Wildman–Crippen MR) is 131 cm³/mol. The second-order valence-electron chi connectivity index (χ2n) is 9.04. The lowest BCUT2D eigenvalue weighted by molar-refractivity contribution is 0.0408. The molecule has 3 N–H and O–H groups in total. The van der Waals surface area contributed by atoms with E-state index in [-0.39, 0.29) is 6.61 Å². The molecule has 0 radical (unpaired) electrons. The second kappa shape index (κ2) is 8.77. The number of hydrogen-bond acceptors (Lipinski definition) is 5. The highest BCUT2D eigenvalue weighted by molar-refractivity contribution is 7.19. The van der Waals surface area contributed by atoms with Crippen LogP contribution in [-0.4, -0.2) is 51.9 Å². The van der Waals surface area contributed by atoms with Crippen molar-refractivity contribution < 1.29 is 14.9 Å². The highest BCUT2D eigenvalue weighted by atomic mass is 32.1. The topological polar surface area (TPSA) is 68.7 Å². The van der Waals surface area contributed by atoms with E-state index in [1.165, 1.54) is 4.88 Å². The van der Waals surface area contributed by atoms with Crippen LogP contribution >= 0.6 is 11.3 Å². The molecule has 1 saturated heterocycles. The number of phenolic OH excluding ortho intramolecular Hbond substituents is 1. The Labute approximate surface area is 192 Å². The third kappa shape index (κ3) is 4.22. The van der Waals surface area contributed by atoms with Gasteiger partial charge >= 0.3 is 0 Å². The van der Waals surface area contributed by atoms with E-state index in [1.807, 2.05) is 31.2 Å². The average molecular weight is 451 g/mol. The highest BCUT2D eigenvalue weighted by Crippen LogP contribution is 2.40. The molecule has 0 spiro atoms. The second-order valence-corrected chi connectivity index (χ2v) is 10.2. The Morgan fingerprint density at radius 3 is 2.84 bits per heavy atom. The number of benzene rings is 2. The first kappa shape index (κ1) is 21.3. The number of fused-ring (bicyclic) bond motifs is 2. The smallest absolute Gasteiger partial charge is 0.128 e. The molecule has 2 aromatic heterocycles. The summed E-state index contributed by atoms with van der Waals surface area (Å²) in [6.45, 7) is 6.13. The number of nitrogens with zero attached hydrogens (tertiary/aromatic N) is 1. The number of rotatable bonds is 6. The van der Waals surface area contributed by atoms with Crippen LogP contribution in [0, 0.1) is 6.92 Å². The maximum atomic E-state index is 10.7. The highest BCUT2D eigenvalue weighted by Gasteiger charge is 2.29. The van der Waals surface area contributed by atoms with Gasteiger partial charge in [0.25, 0.3) is 0 Å². The number of hydrogen-bond donors (Lipinski definition) is 3. The molecule has 6 heteroatoms. The molecule has 1 aliphatic rings. The van der Waals surface area contributed by atoms with Gasteiger partial charge in [-0.15, -0.1) is 11.3 Å². The molecule has 1 fully saturated rings. The zero-order chi connectivity index (χ0) is 22.2. The Morgan fingerprint density at radius 2 is 2.03 bits per heavy atom. The first-order valence-corrected chi connectivity index (χ1v) is 12.1. The SMILES string of the molecule is Cc1cc2c(OCC(O)CN3CCC(c4cc5c(O)cccc5s4)CC3C)cccc2[nH]1. The molecule has 4 aromatic rings. The molecule has 0 aliphatic carbocycles. The van der Waals surface area contributed by atoms with Crippen LogP contribution in [0.2, 0.25) is 0 Å². The van der Waals surface area contributed by atoms with Gasteiger partial charge < -0.3 is 19.9 Å². The summed E-state index contributed by atoms with van der Waals surface area (Å²) < 4.78 is 7.14. The standard InChI is InChI=1S/C26H30N2O3S/c1-16-11-20-22(27-16)5-3-7-24(20)31-15-19(29)14-28-10-9-18(12-17(28)2)26-13-21-23(30)6-4-8-25(21)32-26/h3-8,11,13,17-19,27,29-30H,9-10,12,14-15H2,1-2H3. The van der Waals surface area contributed by atoms with Crippen molar-refractivity contribution in [3.8, 4) is 11.5 Å². The number of aliphatic hydroxyl groups is 1. The summed E-state index contributed by atoms with van der Waals surface area (Å²) in [5.41, 5.74) is 2.15. The Morgan fingerprint density at radius 1 is 1.19 bits per heavy atom. The number of piperidine rings is 1. The van der Waals surface area contributed by atoms with E-state index in [0.29, 0.717) is 24.3 Å². The van der Waals surface area contributed by atoms with Crippen molar-refractivity contribution in [2.45, 2.75) is 44.8 Å². The molecule has 168 valence electrons. The number of aromatic nitrogens is 1. The maximum Gasteiger partial charge on any atom is 0.128 e. The van der Waals surface area contributed by atoms with Gasteiger partial charge in [0.2, 0.25) is 0 Å². The van der Waals surface area contributed by atoms with Gasteiger partial charge in [-0.1, -0.05) is 12.1 Å². The van der Waals surface area contributed by atoms with E-state index in [0.717, 1.165) is 51.8 Å². The minimum Gasteiger partial charge on any atom is -0.507 e. The van der Waals surface area contributed by atoms with Crippen LogP contribution in [0.4, 0.5) is 0 Å². The van der Waals surface area contributed by atoms with Gasteiger partial charge in [-0.05, 0) is 75.5 Å². The Kier molecular flexibility index (Phi) is 5.84. The van der Waals surface area contributed by atoms with Crippen molar-refractivity contribution in [1.82, 2.24) is 9.88 Å². The van der Waals surface area contributed by atoms with Crippen LogP contribution in [0.1, 0.15) is 36.3 Å². The molecule has 0 amide bonds. The molecule has 0 saturated carbocycles. The lowest BCUT2D eigenvalue weighted by atomic mass is 9.90. The van der Waals surface area contributed by atoms with E-state index in [1.54, 1.807) is 17.4 Å². The number of β-amino-alcohol motifs (C(OH)–C–C–N with tert-alkyl or cyclic N) is 1. The van der Waals surface area contributed by atoms with Crippen molar-refractivity contribution in [2.75, 3.05) is 19.7 Å². The molecule has 5 rings (SSSR count). The molecule has 3 heterocycles. The monoisotopic (exact) mass is 450 g/mol. The third-order valence-electron chi connectivity index (χ3n) is 6.61. The number of nitrogens with one attached hydrogen (secondary N) is 1. The normalized spacial score (nSPS) is 20.7. The van der Waals surface area contributed by atoms with Crippen molar-refractivity contribution in [3.63, 3.8) is 0 Å². The number of thiophene rings is 1. The first-order valence-electron chi connectivity index (χ1n) is 11.3. The summed E-state index contributed by atoms with van der Waals surface area (Å²) >= 11 is 1.79. The molecular weight excluding hydrogens is 420 g/mol. The zero-order valence-corrected chi connectivity index (χ0v) is 19.4. The fourth-order valence-corrected chi connectivity index (χ4v) is 6.15. The van der Waals surface area contributed by atoms with Gasteiger partial charge in [0.1, 0.15) is 24.2 Å². The van der Waals surface area contributed by atoms with Crippen LogP contribution < -0.4 is 4.74 Å². The maximum absolute atomic E-state index is 10.7. The van der Waals surface area contributed by atoms with Gasteiger partial charge in [-0.3, -0.25) is 4.90 Å². The summed E-state index contributed by atoms with van der Waals surface area (Å²) in [7, 11) is 0. The van der Waals surface area contributed by atoms with Crippen LogP contribution in [0.3, 0.4) is 0 Å². The lowest BCUT2D eigenvalue weighted by Gasteiger charge is -2.38. The van der Waals surface area contributed by atoms with Crippen molar-refractivity contribution >= 4 is 32.3 Å². The summed E-state index contributed by atoms with van der Waals surface area (Å²) in [6.07, 6.45) is 1.59. The Bertz CT molecular complexity index is 1230. The summed E-state index contributed by atoms with van der Waals surface area (Å²) in [5.74, 6) is 1.68. The molecule has 0 bridgehead atoms. The molecule has 3 unspecified atom stereocenters. The Balaban J connectivity index is 1.18. The Hall–Kier alpha value is -2.54. The van der Waals surface area contributed by atoms with Crippen LogP contribution in [-0.2, 0) is 0 Å². The lowest BCUT2D eigenvalue weighted by Crippen LogP contribution is -2.45. The van der Waals surface area contributed by atoms with E-state index in [9.17, 15) is 10.2 Å². The van der Waals surface area contributed by atoms with Gasteiger partial charge in [0.05, 0.1) is 0 Å². The number of aliphatic hydroxyl groups excluding tert-OH is 1. The largest absolute Gasteiger partial charge is 0.507 e. The summed E-state index contributed by atoms with van der Waals surface area (Å²) in [4.78, 5) is 7.05. The number of phenols is 1. The predicted octanol–water partition coefficient (Wildman–Crippen LogP) is 5.40. The third-order valence-corrected chi connectivity index (χ3v) is 7.87. The number of aryl methyl sites for hydroxylation is 1. The molecule has 5 nitrogen and oxygen atoms in total. The zero-order valence-electron chi connectivity index (χ0n) is 18.5. The quantitative estimate of drug-likeness (QED) is 0.368. The number of H-pyrrole nitrogens is 1. The minimum atomic E-state index is -0.537. The number of aromatic hydroxyl groups is 1. The van der Waals surface area contributed by atoms with Gasteiger partial charge in [0.15, 0.2) is 0 Å². The first-order chi connectivity index (χ1) is 15.5. The van der Waals surface area contributed by atoms with E-state index in [2.05, 4.69) is 35.0 Å². The van der Waals surface area contributed by atoms with E-state index < -0.39 is 6.10 Å². The fraction of sp³-hybridized carbons (Fsp3) is 0.385. The van der Waals surface area contributed by atoms with E-state index in [4.69, 9.17) is 4.74 Å². The van der Waals surface area contributed by atoms with Gasteiger partial charge in [0, 0.05) is 44.1 Å². The molecular formula is C26H30N2O3S. The summed E-state index contributed by atoms with van der Waals surface area (Å²) in [6, 6.07) is 16.3. The van der Waals surface area contributed by atoms with Crippen LogP contribution in [0.25, 0.3) is 21.0 Å². The molecule has 3 atom stereocenters. The van der Waals surface area contributed by atoms with Crippen molar-refractivity contribution in [2.24, 2.45) is 0 Å². The minimum absolute atomic E-state index is 0.283. The van der Waals surface area contributed by atoms with Gasteiger partial charge in [-0.25, -0.2) is 0 Å². The van der Waals surface area contributed by atoms with Crippen LogP contribution in [0.5, 0.6) is 11.5 Å². The van der Waals surface area contributed by atoms with Crippen molar-refractivity contribution in [1.29, 1.82) is 0 Å². The summed E-state index contributed by atoms with van der Waals surface area (Å²) in [5, 5.41) is 22.8. The van der Waals surface area contributed by atoms with E-state index >= 15 is 0 Å². The number of likely N-dealkylation sites (tertiary alicyclic amines) is 1. The molecule has 1 aliphatic heterocycles. The van der Waals surface area contributed by atoms with Crippen LogP contribution in [0.15, 0.2) is 48.5 Å². The van der Waals surface area contributed by atoms with Gasteiger partial charge in [-0.2, -0.15) is 0 Å². The number of ether oxygens (including phenoxy) is 1. The molecule has 2 aromatic carbocycles. The number of aromatic amines is 1. The molecule has 32 heavy (non-hydrogen) atoms.